The first-order valence-corrected chi connectivity index (χ1v) is 8.09. The summed E-state index contributed by atoms with van der Waals surface area (Å²) in [6.45, 7) is 1.87. The molecule has 5 nitrogen and oxygen atoms in total. The quantitative estimate of drug-likeness (QED) is 0.432. The molecule has 0 saturated carbocycles. The Bertz CT molecular complexity index is 717. The van der Waals surface area contributed by atoms with Crippen LogP contribution in [0.25, 0.3) is 0 Å². The van der Waals surface area contributed by atoms with Crippen LogP contribution in [0.3, 0.4) is 0 Å². The Morgan fingerprint density at radius 2 is 2.08 bits per heavy atom. The molecule has 0 amide bonds. The van der Waals surface area contributed by atoms with Crippen molar-refractivity contribution in [2.24, 2.45) is 4.99 Å². The van der Waals surface area contributed by atoms with Crippen LogP contribution in [-0.2, 0) is 19.5 Å². The van der Waals surface area contributed by atoms with Gasteiger partial charge in [0.2, 0.25) is 0 Å². The summed E-state index contributed by atoms with van der Waals surface area (Å²) in [5, 5.41) is 3.25. The number of benzene rings is 1. The highest BCUT2D eigenvalue weighted by Gasteiger charge is 2.19. The Kier molecular flexibility index (Phi) is 7.15. The van der Waals surface area contributed by atoms with Gasteiger partial charge in [-0.25, -0.2) is 9.98 Å². The molecule has 25 heavy (non-hydrogen) atoms. The maximum atomic E-state index is 12.9. The molecule has 2 heterocycles. The maximum Gasteiger partial charge on any atom is 0.319 e. The van der Waals surface area contributed by atoms with E-state index in [1.807, 2.05) is 13.0 Å². The average molecular weight is 461 g/mol. The van der Waals surface area contributed by atoms with Crippen molar-refractivity contribution in [3.05, 3.63) is 53.6 Å². The molecular formula is C17H22F2IN5. The van der Waals surface area contributed by atoms with Gasteiger partial charge in [-0.1, -0.05) is 24.3 Å². The Labute approximate surface area is 163 Å². The molecule has 0 fully saturated rings. The van der Waals surface area contributed by atoms with Gasteiger partial charge in [-0.2, -0.15) is 8.78 Å². The van der Waals surface area contributed by atoms with Crippen molar-refractivity contribution in [1.29, 1.82) is 0 Å². The number of alkyl halides is 2. The second kappa shape index (κ2) is 9.12. The van der Waals surface area contributed by atoms with E-state index < -0.39 is 6.55 Å². The molecule has 1 aromatic carbocycles. The lowest BCUT2D eigenvalue weighted by atomic mass is 10.0. The molecule has 0 radical (unpaired) electrons. The third kappa shape index (κ3) is 4.68. The van der Waals surface area contributed by atoms with E-state index in [0.29, 0.717) is 0 Å². The minimum Gasteiger partial charge on any atom is -0.356 e. The lowest BCUT2D eigenvalue weighted by Crippen LogP contribution is -2.44. The Hall–Kier alpha value is -1.71. The molecular weight excluding hydrogens is 439 g/mol. The molecule has 136 valence electrons. The first-order valence-electron chi connectivity index (χ1n) is 8.09. The van der Waals surface area contributed by atoms with Crippen molar-refractivity contribution >= 4 is 29.9 Å². The van der Waals surface area contributed by atoms with Gasteiger partial charge in [0.1, 0.15) is 12.4 Å². The number of hydrogen-bond acceptors (Lipinski definition) is 2. The van der Waals surface area contributed by atoms with Crippen LogP contribution in [0.15, 0.2) is 41.7 Å². The minimum absolute atomic E-state index is 0. The van der Waals surface area contributed by atoms with Crippen LogP contribution in [0.4, 0.5) is 8.78 Å². The van der Waals surface area contributed by atoms with Gasteiger partial charge in [-0.05, 0) is 24.5 Å². The number of nitrogens with one attached hydrogen (secondary N) is 1. The first kappa shape index (κ1) is 19.6. The van der Waals surface area contributed by atoms with E-state index in [9.17, 15) is 8.78 Å². The van der Waals surface area contributed by atoms with Gasteiger partial charge >= 0.3 is 6.55 Å². The molecule has 1 aromatic heterocycles. The van der Waals surface area contributed by atoms with E-state index in [-0.39, 0.29) is 36.3 Å². The van der Waals surface area contributed by atoms with Crippen molar-refractivity contribution in [1.82, 2.24) is 19.8 Å². The third-order valence-electron chi connectivity index (χ3n) is 4.09. The molecule has 1 aliphatic heterocycles. The van der Waals surface area contributed by atoms with Crippen LogP contribution >= 0.6 is 24.0 Å². The van der Waals surface area contributed by atoms with Gasteiger partial charge in [0.15, 0.2) is 5.96 Å². The molecule has 1 aliphatic rings. The Morgan fingerprint density at radius 3 is 2.80 bits per heavy atom. The molecule has 0 saturated heterocycles. The van der Waals surface area contributed by atoms with E-state index in [4.69, 9.17) is 0 Å². The lowest BCUT2D eigenvalue weighted by Gasteiger charge is -2.31. The predicted molar refractivity (Wildman–Crippen MR) is 104 cm³/mol. The number of nitrogens with zero attached hydrogens (tertiary/aromatic N) is 4. The van der Waals surface area contributed by atoms with Crippen LogP contribution in [0.5, 0.6) is 0 Å². The normalized spacial score (nSPS) is 14.2. The van der Waals surface area contributed by atoms with Crippen LogP contribution in [0.2, 0.25) is 0 Å². The summed E-state index contributed by atoms with van der Waals surface area (Å²) in [4.78, 5) is 10.6. The Morgan fingerprint density at radius 1 is 1.32 bits per heavy atom. The largest absolute Gasteiger partial charge is 0.356 e. The van der Waals surface area contributed by atoms with E-state index in [1.54, 1.807) is 0 Å². The third-order valence-corrected chi connectivity index (χ3v) is 4.09. The van der Waals surface area contributed by atoms with Crippen LogP contribution in [0.1, 0.15) is 30.4 Å². The van der Waals surface area contributed by atoms with E-state index in [0.717, 1.165) is 36.6 Å². The number of hydrogen-bond donors (Lipinski definition) is 1. The monoisotopic (exact) mass is 461 g/mol. The SMILES string of the molecule is CCNC(=NCc1nccn1C(F)F)N1CCc2ccccc2C1.I. The molecule has 0 bridgehead atoms. The van der Waals surface area contributed by atoms with E-state index in [1.165, 1.54) is 23.5 Å². The van der Waals surface area contributed by atoms with Crippen LogP contribution in [-0.4, -0.2) is 33.5 Å². The Balaban J connectivity index is 0.00000225. The standard InChI is InChI=1S/C17H21F2N5.HI/c1-2-20-17(22-11-15-21-8-10-24(15)16(18)19)23-9-7-13-5-3-4-6-14(13)12-23;/h3-6,8,10,16H,2,7,9,11-12H2,1H3,(H,20,22);1H. The number of guanidine groups is 1. The molecule has 0 unspecified atom stereocenters. The van der Waals surface area contributed by atoms with Crippen LogP contribution < -0.4 is 5.32 Å². The van der Waals surface area contributed by atoms with Gasteiger partial charge in [0.05, 0.1) is 0 Å². The fraction of sp³-hybridized carbons (Fsp3) is 0.412. The van der Waals surface area contributed by atoms with Crippen molar-refractivity contribution in [3.63, 3.8) is 0 Å². The zero-order valence-electron chi connectivity index (χ0n) is 14.0. The van der Waals surface area contributed by atoms with Crippen molar-refractivity contribution in [2.45, 2.75) is 33.0 Å². The first-order chi connectivity index (χ1) is 11.7. The van der Waals surface area contributed by atoms with E-state index >= 15 is 0 Å². The molecule has 0 aliphatic carbocycles. The van der Waals surface area contributed by atoms with Gasteiger partial charge in [-0.3, -0.25) is 4.57 Å². The fourth-order valence-corrected chi connectivity index (χ4v) is 2.89. The molecule has 8 heteroatoms. The fourth-order valence-electron chi connectivity index (χ4n) is 2.89. The highest BCUT2D eigenvalue weighted by Crippen LogP contribution is 2.19. The molecule has 2 aromatic rings. The van der Waals surface area contributed by atoms with Crippen molar-refractivity contribution < 1.29 is 8.78 Å². The highest BCUT2D eigenvalue weighted by molar-refractivity contribution is 14.0. The van der Waals surface area contributed by atoms with E-state index in [2.05, 4.69) is 38.4 Å². The summed E-state index contributed by atoms with van der Waals surface area (Å²) in [7, 11) is 0. The van der Waals surface area contributed by atoms with Gasteiger partial charge in [-0.15, -0.1) is 24.0 Å². The lowest BCUT2D eigenvalue weighted by molar-refractivity contribution is 0.0671. The zero-order valence-corrected chi connectivity index (χ0v) is 16.4. The molecule has 1 N–H and O–H groups in total. The topological polar surface area (TPSA) is 45.5 Å². The molecule has 3 rings (SSSR count). The zero-order chi connectivity index (χ0) is 16.9. The molecule has 0 spiro atoms. The summed E-state index contributed by atoms with van der Waals surface area (Å²) in [5.41, 5.74) is 2.64. The summed E-state index contributed by atoms with van der Waals surface area (Å²) >= 11 is 0. The summed E-state index contributed by atoms with van der Waals surface area (Å²) in [6, 6.07) is 8.36. The highest BCUT2D eigenvalue weighted by atomic mass is 127. The number of aromatic nitrogens is 2. The average Bonchev–Trinajstić information content (AvgIpc) is 3.07. The summed E-state index contributed by atoms with van der Waals surface area (Å²) < 4.78 is 26.6. The van der Waals surface area contributed by atoms with Gasteiger partial charge < -0.3 is 10.2 Å². The smallest absolute Gasteiger partial charge is 0.319 e. The molecule has 0 atom stereocenters. The summed E-state index contributed by atoms with van der Waals surface area (Å²) in [5.74, 6) is 0.994. The number of imidazole rings is 1. The second-order valence-corrected chi connectivity index (χ2v) is 5.64. The predicted octanol–water partition coefficient (Wildman–Crippen LogP) is 3.42. The van der Waals surface area contributed by atoms with Gasteiger partial charge in [0, 0.05) is 32.0 Å². The van der Waals surface area contributed by atoms with Crippen LogP contribution in [0, 0.1) is 0 Å². The van der Waals surface area contributed by atoms with Crippen molar-refractivity contribution in [2.75, 3.05) is 13.1 Å². The number of fused-ring (bicyclic) bond motifs is 1. The summed E-state index contributed by atoms with van der Waals surface area (Å²) in [6.07, 6.45) is 3.60. The number of rotatable bonds is 4. The number of halogens is 3. The minimum atomic E-state index is -2.60. The number of aliphatic imine (C=N–C) groups is 1. The second-order valence-electron chi connectivity index (χ2n) is 5.64. The van der Waals surface area contributed by atoms with Gasteiger partial charge in [0.25, 0.3) is 0 Å². The maximum absolute atomic E-state index is 12.9. The van der Waals surface area contributed by atoms with Crippen molar-refractivity contribution in [3.8, 4) is 0 Å².